The Labute approximate surface area is 205 Å². The van der Waals surface area contributed by atoms with Crippen LogP contribution in [-0.4, -0.2) is 53.3 Å². The maximum atomic E-state index is 12.7. The molecule has 1 saturated heterocycles. The van der Waals surface area contributed by atoms with Gasteiger partial charge in [0.05, 0.1) is 12.8 Å². The molecule has 1 fully saturated rings. The molecule has 1 aliphatic rings. The average molecular weight is 483 g/mol. The van der Waals surface area contributed by atoms with Crippen LogP contribution >= 0.6 is 11.6 Å². The number of benzene rings is 2. The van der Waals surface area contributed by atoms with Gasteiger partial charge in [-0.05, 0) is 62.2 Å². The quantitative estimate of drug-likeness (QED) is 0.492. The number of aryl methyl sites for hydroxylation is 1. The third kappa shape index (κ3) is 4.76. The standard InChI is InChI=1S/C26H31ClN4O3/c1-18(2)30-14-15-31(26(30)33)23-9-8-22(16-19(23)3)28-10-12-29(13-11-28)24(25(32)34-4)20-6-5-7-21(27)17-20/h5-9,14-18,24H,10-13H2,1-4H3. The molecule has 34 heavy (non-hydrogen) atoms. The molecule has 0 N–H and O–H groups in total. The molecular formula is C26H31ClN4O3. The van der Waals surface area contributed by atoms with Crippen LogP contribution in [0, 0.1) is 6.92 Å². The number of imidazole rings is 1. The lowest BCUT2D eigenvalue weighted by Crippen LogP contribution is -2.49. The molecule has 2 heterocycles. The van der Waals surface area contributed by atoms with Crippen LogP contribution in [-0.2, 0) is 9.53 Å². The van der Waals surface area contributed by atoms with E-state index in [-0.39, 0.29) is 17.7 Å². The topological polar surface area (TPSA) is 59.7 Å². The third-order valence-corrected chi connectivity index (χ3v) is 6.67. The summed E-state index contributed by atoms with van der Waals surface area (Å²) in [5, 5.41) is 0.600. The first kappa shape index (κ1) is 24.1. The van der Waals surface area contributed by atoms with Gasteiger partial charge in [-0.2, -0.15) is 0 Å². The molecule has 1 aliphatic heterocycles. The molecule has 1 atom stereocenters. The van der Waals surface area contributed by atoms with Crippen molar-refractivity contribution in [2.45, 2.75) is 32.9 Å². The van der Waals surface area contributed by atoms with Crippen LogP contribution in [0.5, 0.6) is 0 Å². The summed E-state index contributed by atoms with van der Waals surface area (Å²) >= 11 is 6.18. The number of carbonyl (C=O) groups is 1. The smallest absolute Gasteiger partial charge is 0.332 e. The predicted molar refractivity (Wildman–Crippen MR) is 135 cm³/mol. The number of nitrogens with zero attached hydrogens (tertiary/aromatic N) is 4. The third-order valence-electron chi connectivity index (χ3n) is 6.43. The van der Waals surface area contributed by atoms with Crippen molar-refractivity contribution in [2.75, 3.05) is 38.2 Å². The summed E-state index contributed by atoms with van der Waals surface area (Å²) in [5.41, 5.74) is 3.84. The fourth-order valence-corrected chi connectivity index (χ4v) is 4.79. The Balaban J connectivity index is 1.50. The largest absolute Gasteiger partial charge is 0.468 e. The number of rotatable bonds is 6. The van der Waals surface area contributed by atoms with Gasteiger partial charge in [0.25, 0.3) is 0 Å². The zero-order valence-electron chi connectivity index (χ0n) is 20.1. The molecule has 0 radical (unpaired) electrons. The molecule has 0 saturated carbocycles. The molecule has 0 amide bonds. The molecule has 3 aromatic rings. The van der Waals surface area contributed by atoms with Gasteiger partial charge in [-0.3, -0.25) is 14.0 Å². The minimum atomic E-state index is -0.480. The number of ether oxygens (including phenoxy) is 1. The van der Waals surface area contributed by atoms with E-state index in [0.29, 0.717) is 18.1 Å². The van der Waals surface area contributed by atoms with Crippen molar-refractivity contribution in [3.8, 4) is 5.69 Å². The molecular weight excluding hydrogens is 452 g/mol. The van der Waals surface area contributed by atoms with Crippen LogP contribution in [0.1, 0.15) is 37.1 Å². The van der Waals surface area contributed by atoms with Crippen molar-refractivity contribution in [1.82, 2.24) is 14.0 Å². The van der Waals surface area contributed by atoms with Gasteiger partial charge in [-0.15, -0.1) is 0 Å². The minimum absolute atomic E-state index is 0.0330. The van der Waals surface area contributed by atoms with Crippen molar-refractivity contribution in [3.63, 3.8) is 0 Å². The lowest BCUT2D eigenvalue weighted by atomic mass is 10.0. The number of esters is 1. The second-order valence-corrected chi connectivity index (χ2v) is 9.36. The molecule has 0 aliphatic carbocycles. The monoisotopic (exact) mass is 482 g/mol. The lowest BCUT2D eigenvalue weighted by Gasteiger charge is -2.39. The Bertz CT molecular complexity index is 1220. The fraction of sp³-hybridized carbons (Fsp3) is 0.385. The number of methoxy groups -OCH3 is 1. The fourth-order valence-electron chi connectivity index (χ4n) is 4.60. The Morgan fingerprint density at radius 3 is 2.35 bits per heavy atom. The van der Waals surface area contributed by atoms with Crippen molar-refractivity contribution < 1.29 is 9.53 Å². The van der Waals surface area contributed by atoms with E-state index in [0.717, 1.165) is 35.6 Å². The van der Waals surface area contributed by atoms with Crippen LogP contribution in [0.25, 0.3) is 5.69 Å². The molecule has 0 spiro atoms. The molecule has 1 aromatic heterocycles. The molecule has 4 rings (SSSR count). The van der Waals surface area contributed by atoms with E-state index in [1.54, 1.807) is 15.2 Å². The predicted octanol–water partition coefficient (Wildman–Crippen LogP) is 4.22. The molecule has 2 aromatic carbocycles. The van der Waals surface area contributed by atoms with Crippen LogP contribution < -0.4 is 10.6 Å². The summed E-state index contributed by atoms with van der Waals surface area (Å²) in [6.07, 6.45) is 3.66. The molecule has 1 unspecified atom stereocenters. The number of halogens is 1. The highest BCUT2D eigenvalue weighted by molar-refractivity contribution is 6.30. The Morgan fingerprint density at radius 2 is 1.76 bits per heavy atom. The number of carbonyl (C=O) groups excluding carboxylic acids is 1. The molecule has 8 heteroatoms. The van der Waals surface area contributed by atoms with Crippen molar-refractivity contribution in [3.05, 3.63) is 81.5 Å². The number of anilines is 1. The van der Waals surface area contributed by atoms with E-state index in [2.05, 4.69) is 21.9 Å². The maximum absolute atomic E-state index is 12.7. The van der Waals surface area contributed by atoms with Gasteiger partial charge in [-0.25, -0.2) is 9.59 Å². The SMILES string of the molecule is COC(=O)C(c1cccc(Cl)c1)N1CCN(c2ccc(-n3ccn(C(C)C)c3=O)c(C)c2)CC1. The lowest BCUT2D eigenvalue weighted by molar-refractivity contribution is -0.147. The van der Waals surface area contributed by atoms with Gasteiger partial charge in [0.2, 0.25) is 0 Å². The summed E-state index contributed by atoms with van der Waals surface area (Å²) in [7, 11) is 1.42. The van der Waals surface area contributed by atoms with Crippen molar-refractivity contribution in [1.29, 1.82) is 0 Å². The summed E-state index contributed by atoms with van der Waals surface area (Å²) in [6.45, 7) is 9.00. The second-order valence-electron chi connectivity index (χ2n) is 8.93. The van der Waals surface area contributed by atoms with E-state index < -0.39 is 6.04 Å². The highest BCUT2D eigenvalue weighted by atomic mass is 35.5. The molecule has 7 nitrogen and oxygen atoms in total. The van der Waals surface area contributed by atoms with E-state index in [9.17, 15) is 9.59 Å². The minimum Gasteiger partial charge on any atom is -0.468 e. The highest BCUT2D eigenvalue weighted by Gasteiger charge is 2.31. The Morgan fingerprint density at radius 1 is 1.03 bits per heavy atom. The first-order valence-corrected chi connectivity index (χ1v) is 11.9. The Hall–Kier alpha value is -3.03. The zero-order valence-corrected chi connectivity index (χ0v) is 20.8. The van der Waals surface area contributed by atoms with E-state index in [1.165, 1.54) is 7.11 Å². The van der Waals surface area contributed by atoms with Gasteiger partial charge in [-0.1, -0.05) is 23.7 Å². The van der Waals surface area contributed by atoms with Gasteiger partial charge >= 0.3 is 11.7 Å². The van der Waals surface area contributed by atoms with Crippen LogP contribution in [0.3, 0.4) is 0 Å². The maximum Gasteiger partial charge on any atom is 0.332 e. The van der Waals surface area contributed by atoms with Gasteiger partial charge < -0.3 is 9.64 Å². The van der Waals surface area contributed by atoms with Gasteiger partial charge in [0.15, 0.2) is 0 Å². The molecule has 180 valence electrons. The first-order valence-electron chi connectivity index (χ1n) is 11.5. The summed E-state index contributed by atoms with van der Waals surface area (Å²) in [4.78, 5) is 29.8. The summed E-state index contributed by atoms with van der Waals surface area (Å²) in [6, 6.07) is 13.2. The number of hydrogen-bond donors (Lipinski definition) is 0. The van der Waals surface area contributed by atoms with E-state index in [1.807, 2.05) is 57.4 Å². The normalized spacial score (nSPS) is 15.5. The number of aromatic nitrogens is 2. The van der Waals surface area contributed by atoms with Crippen molar-refractivity contribution in [2.24, 2.45) is 0 Å². The highest BCUT2D eigenvalue weighted by Crippen LogP contribution is 2.28. The summed E-state index contributed by atoms with van der Waals surface area (Å²) in [5.74, 6) is -0.283. The number of hydrogen-bond acceptors (Lipinski definition) is 5. The van der Waals surface area contributed by atoms with E-state index in [4.69, 9.17) is 16.3 Å². The second kappa shape index (κ2) is 10.1. The van der Waals surface area contributed by atoms with Crippen LogP contribution in [0.4, 0.5) is 5.69 Å². The summed E-state index contributed by atoms with van der Waals surface area (Å²) < 4.78 is 8.53. The van der Waals surface area contributed by atoms with Crippen LogP contribution in [0.2, 0.25) is 5.02 Å². The zero-order chi connectivity index (χ0) is 24.4. The first-order chi connectivity index (χ1) is 16.3. The molecule has 0 bridgehead atoms. The Kier molecular flexibility index (Phi) is 7.14. The average Bonchev–Trinajstić information content (AvgIpc) is 3.21. The van der Waals surface area contributed by atoms with Crippen LogP contribution in [0.15, 0.2) is 59.7 Å². The van der Waals surface area contributed by atoms with Gasteiger partial charge in [0.1, 0.15) is 6.04 Å². The van der Waals surface area contributed by atoms with Gasteiger partial charge in [0, 0.05) is 55.3 Å². The van der Waals surface area contributed by atoms with E-state index >= 15 is 0 Å². The van der Waals surface area contributed by atoms with Crippen molar-refractivity contribution >= 4 is 23.3 Å². The number of piperazine rings is 1.